The molecule has 2 aromatic carbocycles. The maximum absolute atomic E-state index is 12.3. The summed E-state index contributed by atoms with van der Waals surface area (Å²) in [6.45, 7) is 4.00. The molecular weight excluding hydrogens is 378 g/mol. The molecule has 0 bridgehead atoms. The van der Waals surface area contributed by atoms with Crippen molar-refractivity contribution in [2.75, 3.05) is 5.32 Å². The van der Waals surface area contributed by atoms with Crippen LogP contribution < -0.4 is 5.32 Å². The lowest BCUT2D eigenvalue weighted by Gasteiger charge is -2.07. The molecule has 4 rings (SSSR count). The van der Waals surface area contributed by atoms with Crippen LogP contribution in [0.1, 0.15) is 24.2 Å². The molecule has 2 aromatic heterocycles. The summed E-state index contributed by atoms with van der Waals surface area (Å²) in [5.41, 5.74) is 5.23. The van der Waals surface area contributed by atoms with Gasteiger partial charge in [0.2, 0.25) is 0 Å². The third-order valence-corrected chi connectivity index (χ3v) is 4.93. The summed E-state index contributed by atoms with van der Waals surface area (Å²) in [7, 11) is 0. The molecule has 136 valence electrons. The Hall–Kier alpha value is -2.76. The summed E-state index contributed by atoms with van der Waals surface area (Å²) in [6.07, 6.45) is 1.73. The molecule has 2 heterocycles. The van der Waals surface area contributed by atoms with Gasteiger partial charge in [-0.1, -0.05) is 43.6 Å². The minimum Gasteiger partial charge on any atom is -0.307 e. The number of thiazole rings is 1. The van der Waals surface area contributed by atoms with Gasteiger partial charge >= 0.3 is 0 Å². The van der Waals surface area contributed by atoms with Crippen molar-refractivity contribution in [2.24, 2.45) is 0 Å². The van der Waals surface area contributed by atoms with E-state index in [1.54, 1.807) is 47.9 Å². The summed E-state index contributed by atoms with van der Waals surface area (Å²) in [6, 6.07) is 16.7. The molecule has 0 radical (unpaired) electrons. The number of rotatable bonds is 3. The topological polar surface area (TPSA) is 54.9 Å². The lowest BCUT2D eigenvalue weighted by Crippen LogP contribution is -2.13. The summed E-state index contributed by atoms with van der Waals surface area (Å²) < 4.78 is 1.15. The van der Waals surface area contributed by atoms with Crippen LogP contribution in [0.25, 0.3) is 21.3 Å². The second-order valence-electron chi connectivity index (χ2n) is 5.40. The molecule has 1 amide bonds. The van der Waals surface area contributed by atoms with Crippen LogP contribution in [-0.4, -0.2) is 15.9 Å². The molecule has 0 spiro atoms. The number of anilines is 1. The molecular formula is C21H18ClN3OS. The molecule has 6 heteroatoms. The molecule has 4 aromatic rings. The second-order valence-corrected chi connectivity index (χ2v) is 6.69. The van der Waals surface area contributed by atoms with Crippen molar-refractivity contribution in [3.8, 4) is 11.1 Å². The van der Waals surface area contributed by atoms with E-state index in [0.29, 0.717) is 16.4 Å². The van der Waals surface area contributed by atoms with Crippen molar-refractivity contribution in [3.63, 3.8) is 0 Å². The average molecular weight is 396 g/mol. The zero-order valence-electron chi connectivity index (χ0n) is 14.9. The molecule has 0 aliphatic heterocycles. The van der Waals surface area contributed by atoms with Crippen LogP contribution in [-0.2, 0) is 0 Å². The van der Waals surface area contributed by atoms with E-state index >= 15 is 0 Å². The molecule has 4 nitrogen and oxygen atoms in total. The summed E-state index contributed by atoms with van der Waals surface area (Å²) in [4.78, 5) is 20.9. The quantitative estimate of drug-likeness (QED) is 0.443. The summed E-state index contributed by atoms with van der Waals surface area (Å²) >= 11 is 7.66. The van der Waals surface area contributed by atoms with Gasteiger partial charge < -0.3 is 5.32 Å². The predicted octanol–water partition coefficient (Wildman–Crippen LogP) is 6.29. The molecule has 0 fully saturated rings. The Morgan fingerprint density at radius 1 is 1.00 bits per heavy atom. The fourth-order valence-corrected chi connectivity index (χ4v) is 3.39. The fourth-order valence-electron chi connectivity index (χ4n) is 2.50. The minimum absolute atomic E-state index is 0.283. The van der Waals surface area contributed by atoms with Crippen LogP contribution in [0, 0.1) is 0 Å². The van der Waals surface area contributed by atoms with Crippen molar-refractivity contribution >= 4 is 44.9 Å². The van der Waals surface area contributed by atoms with Crippen molar-refractivity contribution < 1.29 is 4.79 Å². The number of pyridine rings is 1. The van der Waals surface area contributed by atoms with Gasteiger partial charge in [0, 0.05) is 11.8 Å². The molecule has 0 saturated carbocycles. The monoisotopic (exact) mass is 395 g/mol. The van der Waals surface area contributed by atoms with Gasteiger partial charge in [0.05, 0.1) is 26.3 Å². The first-order valence-corrected chi connectivity index (χ1v) is 9.82. The third-order valence-electron chi connectivity index (χ3n) is 3.79. The first-order chi connectivity index (χ1) is 13.2. The molecule has 0 aliphatic rings. The van der Waals surface area contributed by atoms with E-state index in [0.717, 1.165) is 21.3 Å². The number of nitrogens with zero attached hydrogens (tertiary/aromatic N) is 2. The largest absolute Gasteiger partial charge is 0.307 e. The summed E-state index contributed by atoms with van der Waals surface area (Å²) in [5.74, 6) is 0.193. The Bertz CT molecular complexity index is 1060. The second kappa shape index (κ2) is 8.75. The number of hydrogen-bond donors (Lipinski definition) is 1. The van der Waals surface area contributed by atoms with Gasteiger partial charge in [-0.2, -0.15) is 0 Å². The van der Waals surface area contributed by atoms with Gasteiger partial charge in [-0.05, 0) is 42.0 Å². The molecule has 0 atom stereocenters. The third kappa shape index (κ3) is 4.32. The number of carbonyl (C=O) groups is 1. The van der Waals surface area contributed by atoms with Crippen LogP contribution in [0.5, 0.6) is 0 Å². The van der Waals surface area contributed by atoms with E-state index < -0.39 is 0 Å². The van der Waals surface area contributed by atoms with Crippen LogP contribution >= 0.6 is 22.9 Å². The van der Waals surface area contributed by atoms with Crippen LogP contribution in [0.2, 0.25) is 5.02 Å². The van der Waals surface area contributed by atoms with E-state index in [4.69, 9.17) is 11.6 Å². The zero-order valence-corrected chi connectivity index (χ0v) is 16.5. The Morgan fingerprint density at radius 2 is 1.78 bits per heavy atom. The molecule has 0 aliphatic carbocycles. The van der Waals surface area contributed by atoms with Gasteiger partial charge in [-0.25, -0.2) is 9.97 Å². The van der Waals surface area contributed by atoms with Gasteiger partial charge in [0.1, 0.15) is 5.82 Å². The van der Waals surface area contributed by atoms with Crippen molar-refractivity contribution in [1.82, 2.24) is 9.97 Å². The van der Waals surface area contributed by atoms with E-state index in [1.807, 2.05) is 37.6 Å². The number of amides is 1. The number of nitrogens with one attached hydrogen (secondary N) is 1. The molecule has 0 saturated heterocycles. The Labute approximate surface area is 166 Å². The van der Waals surface area contributed by atoms with Gasteiger partial charge in [0.25, 0.3) is 5.91 Å². The highest BCUT2D eigenvalue weighted by atomic mass is 35.5. The van der Waals surface area contributed by atoms with Crippen LogP contribution in [0.3, 0.4) is 0 Å². The number of hydrogen-bond acceptors (Lipinski definition) is 4. The standard InChI is InChI=1S/C19H12ClN3OS.C2H6/c20-15-4-2-1-3-14(15)19(24)23-18-8-6-13(10-21-18)12-5-7-17-16(9-12)22-11-25-17;1-2/h1-11H,(H,21,23,24);1-2H3. The van der Waals surface area contributed by atoms with Crippen molar-refractivity contribution in [1.29, 1.82) is 0 Å². The molecule has 1 N–H and O–H groups in total. The van der Waals surface area contributed by atoms with Gasteiger partial charge in [-0.15, -0.1) is 11.3 Å². The van der Waals surface area contributed by atoms with E-state index in [9.17, 15) is 4.79 Å². The zero-order chi connectivity index (χ0) is 19.2. The smallest absolute Gasteiger partial charge is 0.258 e. The lowest BCUT2D eigenvalue weighted by atomic mass is 10.1. The number of aromatic nitrogens is 2. The minimum atomic E-state index is -0.283. The van der Waals surface area contributed by atoms with E-state index in [-0.39, 0.29) is 5.91 Å². The molecule has 27 heavy (non-hydrogen) atoms. The van der Waals surface area contributed by atoms with Gasteiger partial charge in [-0.3, -0.25) is 4.79 Å². The number of fused-ring (bicyclic) bond motifs is 1. The van der Waals surface area contributed by atoms with Crippen LogP contribution in [0.15, 0.2) is 66.3 Å². The van der Waals surface area contributed by atoms with Gasteiger partial charge in [0.15, 0.2) is 0 Å². The predicted molar refractivity (Wildman–Crippen MR) is 114 cm³/mol. The van der Waals surface area contributed by atoms with Crippen molar-refractivity contribution in [3.05, 3.63) is 76.9 Å². The van der Waals surface area contributed by atoms with E-state index in [1.165, 1.54) is 0 Å². The molecule has 0 unspecified atom stereocenters. The maximum atomic E-state index is 12.3. The maximum Gasteiger partial charge on any atom is 0.258 e. The lowest BCUT2D eigenvalue weighted by molar-refractivity contribution is 0.102. The highest BCUT2D eigenvalue weighted by molar-refractivity contribution is 7.16. The van der Waals surface area contributed by atoms with Crippen molar-refractivity contribution in [2.45, 2.75) is 13.8 Å². The first kappa shape index (κ1) is 19.0. The summed E-state index contributed by atoms with van der Waals surface area (Å²) in [5, 5.41) is 3.17. The fraction of sp³-hybridized carbons (Fsp3) is 0.0952. The highest BCUT2D eigenvalue weighted by Crippen LogP contribution is 2.26. The highest BCUT2D eigenvalue weighted by Gasteiger charge is 2.10. The van der Waals surface area contributed by atoms with E-state index in [2.05, 4.69) is 21.4 Å². The Balaban J connectivity index is 0.00000102. The first-order valence-electron chi connectivity index (χ1n) is 8.56. The number of halogens is 1. The Morgan fingerprint density at radius 3 is 2.52 bits per heavy atom. The number of benzene rings is 2. The average Bonchev–Trinajstić information content (AvgIpc) is 3.18. The van der Waals surface area contributed by atoms with Crippen LogP contribution in [0.4, 0.5) is 5.82 Å². The number of carbonyl (C=O) groups excluding carboxylic acids is 1. The SMILES string of the molecule is CC.O=C(Nc1ccc(-c2ccc3scnc3c2)cn1)c1ccccc1Cl. The Kier molecular flexibility index (Phi) is 6.16. The normalized spacial score (nSPS) is 10.2.